The molecule has 0 aliphatic carbocycles. The minimum atomic E-state index is -0.324. The van der Waals surface area contributed by atoms with Crippen LogP contribution < -0.4 is 10.6 Å². The molecule has 1 atom stereocenters. The van der Waals surface area contributed by atoms with E-state index in [1.165, 1.54) is 0 Å². The number of carbonyl (C=O) groups excluding carboxylic acids is 1. The summed E-state index contributed by atoms with van der Waals surface area (Å²) in [6.07, 6.45) is 9.01. The maximum absolute atomic E-state index is 11.8. The molecule has 0 aliphatic heterocycles. The quantitative estimate of drug-likeness (QED) is 0.502. The van der Waals surface area contributed by atoms with Gasteiger partial charge >= 0.3 is 6.03 Å². The molecule has 2 N–H and O–H groups in total. The van der Waals surface area contributed by atoms with Gasteiger partial charge in [-0.25, -0.2) is 9.78 Å². The van der Waals surface area contributed by atoms with Gasteiger partial charge in [0.15, 0.2) is 0 Å². The van der Waals surface area contributed by atoms with Gasteiger partial charge in [0.25, 0.3) is 0 Å². The molecule has 7 heteroatoms. The van der Waals surface area contributed by atoms with E-state index >= 15 is 0 Å². The lowest BCUT2D eigenvalue weighted by Gasteiger charge is -2.27. The Morgan fingerprint density at radius 3 is 2.06 bits per heavy atom. The topological polar surface area (TPSA) is 92.7 Å². The first kappa shape index (κ1) is 20.2. The second kappa shape index (κ2) is 9.58. The van der Waals surface area contributed by atoms with Crippen molar-refractivity contribution >= 4 is 11.8 Å². The molecule has 4 aromatic rings. The van der Waals surface area contributed by atoms with Gasteiger partial charge in [0.05, 0.1) is 17.3 Å². The van der Waals surface area contributed by atoms with E-state index in [2.05, 4.69) is 25.6 Å². The van der Waals surface area contributed by atoms with Crippen LogP contribution in [0.4, 0.5) is 10.6 Å². The molecule has 4 heterocycles. The van der Waals surface area contributed by atoms with E-state index in [9.17, 15) is 4.79 Å². The average Bonchev–Trinajstić information content (AvgIpc) is 2.84. The standard InChI is InChI=1S/C24H22N6O/c1-25-24(31)30-21-11-4-10-20(29-21)23(19-9-2-3-14-28-19)22(17-7-5-12-26-15-17)18-8-6-13-27-16-18/h2-16,22-23H,1H3,(H2,25,29,30,31). The Bertz CT molecular complexity index is 1080. The maximum atomic E-state index is 11.8. The molecule has 31 heavy (non-hydrogen) atoms. The van der Waals surface area contributed by atoms with Crippen LogP contribution in [-0.2, 0) is 0 Å². The molecule has 0 saturated heterocycles. The minimum Gasteiger partial charge on any atom is -0.341 e. The van der Waals surface area contributed by atoms with Crippen LogP contribution in [0.15, 0.2) is 91.6 Å². The van der Waals surface area contributed by atoms with Crippen molar-refractivity contribution in [2.75, 3.05) is 12.4 Å². The third-order valence-electron chi connectivity index (χ3n) is 4.98. The fourth-order valence-corrected chi connectivity index (χ4v) is 3.62. The molecule has 0 saturated carbocycles. The molecule has 0 aromatic carbocycles. The molecule has 154 valence electrons. The van der Waals surface area contributed by atoms with Gasteiger partial charge in [0, 0.05) is 43.9 Å². The zero-order chi connectivity index (χ0) is 21.5. The molecular formula is C24H22N6O. The average molecular weight is 410 g/mol. The van der Waals surface area contributed by atoms with Gasteiger partial charge in [-0.05, 0) is 47.5 Å². The lowest BCUT2D eigenvalue weighted by Crippen LogP contribution is -2.25. The van der Waals surface area contributed by atoms with E-state index in [1.807, 2.05) is 67.0 Å². The van der Waals surface area contributed by atoms with Gasteiger partial charge < -0.3 is 5.32 Å². The van der Waals surface area contributed by atoms with Crippen molar-refractivity contribution in [1.29, 1.82) is 0 Å². The fourth-order valence-electron chi connectivity index (χ4n) is 3.62. The summed E-state index contributed by atoms with van der Waals surface area (Å²) in [6, 6.07) is 19.1. The largest absolute Gasteiger partial charge is 0.341 e. The van der Waals surface area contributed by atoms with E-state index < -0.39 is 0 Å². The van der Waals surface area contributed by atoms with Crippen molar-refractivity contribution in [2.24, 2.45) is 0 Å². The summed E-state index contributed by atoms with van der Waals surface area (Å²) in [4.78, 5) is 29.9. The molecule has 1 unspecified atom stereocenters. The first-order valence-corrected chi connectivity index (χ1v) is 9.92. The first-order valence-electron chi connectivity index (χ1n) is 9.92. The first-order chi connectivity index (χ1) is 15.3. The smallest absolute Gasteiger partial charge is 0.320 e. The molecule has 0 radical (unpaired) electrons. The number of rotatable bonds is 6. The van der Waals surface area contributed by atoms with Crippen molar-refractivity contribution in [3.05, 3.63) is 114 Å². The van der Waals surface area contributed by atoms with Gasteiger partial charge in [0.1, 0.15) is 5.82 Å². The highest BCUT2D eigenvalue weighted by atomic mass is 16.2. The maximum Gasteiger partial charge on any atom is 0.320 e. The van der Waals surface area contributed by atoms with Crippen LogP contribution in [0.5, 0.6) is 0 Å². The molecule has 0 bridgehead atoms. The van der Waals surface area contributed by atoms with Crippen LogP contribution in [0, 0.1) is 0 Å². The van der Waals surface area contributed by atoms with E-state index in [-0.39, 0.29) is 17.9 Å². The van der Waals surface area contributed by atoms with Gasteiger partial charge in [-0.15, -0.1) is 0 Å². The number of pyridine rings is 4. The number of nitrogens with one attached hydrogen (secondary N) is 2. The number of nitrogens with zero attached hydrogens (tertiary/aromatic N) is 4. The number of carbonyl (C=O) groups is 1. The third-order valence-corrected chi connectivity index (χ3v) is 4.98. The van der Waals surface area contributed by atoms with Crippen molar-refractivity contribution in [3.8, 4) is 0 Å². The lowest BCUT2D eigenvalue weighted by molar-refractivity contribution is 0.254. The summed E-state index contributed by atoms with van der Waals surface area (Å²) in [5.41, 5.74) is 3.70. The lowest BCUT2D eigenvalue weighted by atomic mass is 9.78. The van der Waals surface area contributed by atoms with Gasteiger partial charge in [-0.1, -0.05) is 24.3 Å². The number of anilines is 1. The van der Waals surface area contributed by atoms with E-state index in [1.54, 1.807) is 31.7 Å². The fraction of sp³-hybridized carbons (Fsp3) is 0.125. The zero-order valence-corrected chi connectivity index (χ0v) is 17.0. The van der Waals surface area contributed by atoms with E-state index in [0.29, 0.717) is 5.82 Å². The number of amides is 2. The highest BCUT2D eigenvalue weighted by Gasteiger charge is 2.30. The monoisotopic (exact) mass is 410 g/mol. The molecule has 2 amide bonds. The second-order valence-electron chi connectivity index (χ2n) is 6.93. The summed E-state index contributed by atoms with van der Waals surface area (Å²) in [5, 5.41) is 5.30. The molecular weight excluding hydrogens is 388 g/mol. The van der Waals surface area contributed by atoms with Gasteiger partial charge in [-0.3, -0.25) is 20.3 Å². The third kappa shape index (κ3) is 4.72. The van der Waals surface area contributed by atoms with Crippen LogP contribution in [-0.4, -0.2) is 33.0 Å². The Morgan fingerprint density at radius 1 is 0.774 bits per heavy atom. The predicted octanol–water partition coefficient (Wildman–Crippen LogP) is 3.98. The van der Waals surface area contributed by atoms with Crippen LogP contribution >= 0.6 is 0 Å². The highest BCUT2D eigenvalue weighted by molar-refractivity contribution is 5.87. The van der Waals surface area contributed by atoms with Crippen LogP contribution in [0.3, 0.4) is 0 Å². The summed E-state index contributed by atoms with van der Waals surface area (Å²) in [6.45, 7) is 0. The number of aromatic nitrogens is 4. The Balaban J connectivity index is 1.88. The Morgan fingerprint density at radius 2 is 1.48 bits per heavy atom. The van der Waals surface area contributed by atoms with Crippen molar-refractivity contribution in [1.82, 2.24) is 25.3 Å². The molecule has 4 aromatic heterocycles. The normalized spacial score (nSPS) is 11.7. The predicted molar refractivity (Wildman–Crippen MR) is 119 cm³/mol. The van der Waals surface area contributed by atoms with Gasteiger partial charge in [0.2, 0.25) is 0 Å². The number of urea groups is 1. The highest BCUT2D eigenvalue weighted by Crippen LogP contribution is 2.41. The number of hydrogen-bond acceptors (Lipinski definition) is 5. The summed E-state index contributed by atoms with van der Waals surface area (Å²) in [7, 11) is 1.57. The summed E-state index contributed by atoms with van der Waals surface area (Å²) < 4.78 is 0. The minimum absolute atomic E-state index is 0.125. The molecule has 4 rings (SSSR count). The second-order valence-corrected chi connectivity index (χ2v) is 6.93. The molecule has 0 fully saturated rings. The van der Waals surface area contributed by atoms with E-state index in [4.69, 9.17) is 4.98 Å². The summed E-state index contributed by atoms with van der Waals surface area (Å²) >= 11 is 0. The SMILES string of the molecule is CNC(=O)Nc1cccc(C(c2ccccn2)C(c2cccnc2)c2cccnc2)n1. The Labute approximate surface area is 180 Å². The van der Waals surface area contributed by atoms with Crippen LogP contribution in [0.2, 0.25) is 0 Å². The van der Waals surface area contributed by atoms with E-state index in [0.717, 1.165) is 22.5 Å². The Hall–Kier alpha value is -4.13. The van der Waals surface area contributed by atoms with Gasteiger partial charge in [-0.2, -0.15) is 0 Å². The number of hydrogen-bond donors (Lipinski definition) is 2. The summed E-state index contributed by atoms with van der Waals surface area (Å²) in [5.74, 6) is 0.120. The van der Waals surface area contributed by atoms with Crippen molar-refractivity contribution in [3.63, 3.8) is 0 Å². The molecule has 7 nitrogen and oxygen atoms in total. The van der Waals surface area contributed by atoms with Crippen LogP contribution in [0.1, 0.15) is 34.4 Å². The van der Waals surface area contributed by atoms with Crippen LogP contribution in [0.25, 0.3) is 0 Å². The Kier molecular flexibility index (Phi) is 6.23. The molecule has 0 spiro atoms. The zero-order valence-electron chi connectivity index (χ0n) is 17.0. The van der Waals surface area contributed by atoms with Crippen molar-refractivity contribution < 1.29 is 4.79 Å². The molecule has 0 aliphatic rings. The van der Waals surface area contributed by atoms with Crippen molar-refractivity contribution in [2.45, 2.75) is 11.8 Å².